The van der Waals surface area contributed by atoms with E-state index in [1.165, 1.54) is 64.2 Å². The molecule has 0 aliphatic carbocycles. The molecule has 0 heterocycles. The molecule has 2 heteroatoms. The molecular formula is C17H38N2. The van der Waals surface area contributed by atoms with E-state index in [0.29, 0.717) is 0 Å². The van der Waals surface area contributed by atoms with Gasteiger partial charge >= 0.3 is 0 Å². The molecule has 4 N–H and O–H groups in total. The molecule has 0 amide bonds. The summed E-state index contributed by atoms with van der Waals surface area (Å²) in [6.45, 7) is 8.57. The Morgan fingerprint density at radius 1 is 0.632 bits per heavy atom. The first-order valence-electron chi connectivity index (χ1n) is 8.39. The van der Waals surface area contributed by atoms with Gasteiger partial charge in [-0.05, 0) is 18.8 Å². The van der Waals surface area contributed by atoms with Crippen LogP contribution in [0.5, 0.6) is 0 Å². The largest absolute Gasteiger partial charge is 0.313 e. The topological polar surface area (TPSA) is 52.0 Å². The molecule has 0 aromatic carbocycles. The summed E-state index contributed by atoms with van der Waals surface area (Å²) >= 11 is 0. The van der Waals surface area contributed by atoms with Gasteiger partial charge < -0.3 is 11.5 Å². The third-order valence-electron chi connectivity index (χ3n) is 4.61. The lowest BCUT2D eigenvalue weighted by atomic mass is 9.76. The fourth-order valence-electron chi connectivity index (χ4n) is 2.32. The van der Waals surface area contributed by atoms with Gasteiger partial charge in [-0.2, -0.15) is 0 Å². The zero-order valence-corrected chi connectivity index (χ0v) is 13.9. The predicted molar refractivity (Wildman–Crippen MR) is 87.0 cm³/mol. The molecule has 0 atom stereocenters. The van der Waals surface area contributed by atoms with E-state index >= 15 is 0 Å². The van der Waals surface area contributed by atoms with Crippen LogP contribution >= 0.6 is 0 Å². The van der Waals surface area contributed by atoms with E-state index < -0.39 is 5.66 Å². The smallest absolute Gasteiger partial charge is 0.0660 e. The highest BCUT2D eigenvalue weighted by atomic mass is 15.0. The molecular weight excluding hydrogens is 232 g/mol. The highest BCUT2D eigenvalue weighted by Crippen LogP contribution is 2.31. The Morgan fingerprint density at radius 3 is 1.37 bits per heavy atom. The van der Waals surface area contributed by atoms with Gasteiger partial charge in [0.15, 0.2) is 0 Å². The SMILES string of the molecule is CCCCCCCCCCCCC(C)(C)C(C)(N)N. The normalized spacial score (nSPS) is 12.9. The first-order valence-corrected chi connectivity index (χ1v) is 8.39. The molecule has 0 aromatic heterocycles. The second-order valence-corrected chi connectivity index (χ2v) is 7.10. The number of rotatable bonds is 12. The summed E-state index contributed by atoms with van der Waals surface area (Å²) in [7, 11) is 0. The summed E-state index contributed by atoms with van der Waals surface area (Å²) in [5, 5.41) is 0. The molecule has 0 spiro atoms. The average Bonchev–Trinajstić information content (AvgIpc) is 2.30. The van der Waals surface area contributed by atoms with Crippen molar-refractivity contribution in [2.45, 2.75) is 104 Å². The molecule has 0 radical (unpaired) electrons. The Labute approximate surface area is 121 Å². The highest BCUT2D eigenvalue weighted by Gasteiger charge is 2.33. The lowest BCUT2D eigenvalue weighted by Gasteiger charge is -2.38. The average molecular weight is 271 g/mol. The van der Waals surface area contributed by atoms with Crippen molar-refractivity contribution in [1.29, 1.82) is 0 Å². The molecule has 0 aliphatic heterocycles. The van der Waals surface area contributed by atoms with Crippen molar-refractivity contribution >= 4 is 0 Å². The van der Waals surface area contributed by atoms with Gasteiger partial charge in [0.2, 0.25) is 0 Å². The quantitative estimate of drug-likeness (QED) is 0.389. The van der Waals surface area contributed by atoms with Crippen molar-refractivity contribution in [2.24, 2.45) is 16.9 Å². The summed E-state index contributed by atoms with van der Waals surface area (Å²) in [4.78, 5) is 0. The van der Waals surface area contributed by atoms with E-state index in [-0.39, 0.29) is 5.41 Å². The molecule has 0 fully saturated rings. The number of hydrogen-bond acceptors (Lipinski definition) is 2. The van der Waals surface area contributed by atoms with Crippen molar-refractivity contribution in [3.63, 3.8) is 0 Å². The van der Waals surface area contributed by atoms with Gasteiger partial charge in [0.05, 0.1) is 5.66 Å². The summed E-state index contributed by atoms with van der Waals surface area (Å²) in [6.07, 6.45) is 14.9. The molecule has 0 saturated heterocycles. The second-order valence-electron chi connectivity index (χ2n) is 7.10. The van der Waals surface area contributed by atoms with Gasteiger partial charge in [-0.15, -0.1) is 0 Å². The van der Waals surface area contributed by atoms with E-state index in [1.807, 2.05) is 6.92 Å². The maximum Gasteiger partial charge on any atom is 0.0660 e. The van der Waals surface area contributed by atoms with Crippen molar-refractivity contribution < 1.29 is 0 Å². The Morgan fingerprint density at radius 2 is 1.00 bits per heavy atom. The van der Waals surface area contributed by atoms with Crippen LogP contribution in [-0.2, 0) is 0 Å². The fraction of sp³-hybridized carbons (Fsp3) is 1.00. The monoisotopic (exact) mass is 270 g/mol. The Bertz CT molecular complexity index is 204. The highest BCUT2D eigenvalue weighted by molar-refractivity contribution is 4.88. The van der Waals surface area contributed by atoms with Crippen LogP contribution in [0.1, 0.15) is 98.3 Å². The maximum absolute atomic E-state index is 6.01. The lowest BCUT2D eigenvalue weighted by molar-refractivity contribution is 0.168. The maximum atomic E-state index is 6.01. The van der Waals surface area contributed by atoms with Crippen molar-refractivity contribution in [2.75, 3.05) is 0 Å². The van der Waals surface area contributed by atoms with E-state index in [0.717, 1.165) is 6.42 Å². The van der Waals surface area contributed by atoms with Crippen LogP contribution in [0.3, 0.4) is 0 Å². The fourth-order valence-corrected chi connectivity index (χ4v) is 2.32. The number of hydrogen-bond donors (Lipinski definition) is 2. The van der Waals surface area contributed by atoms with E-state index in [2.05, 4.69) is 20.8 Å². The molecule has 0 bridgehead atoms. The van der Waals surface area contributed by atoms with Crippen LogP contribution < -0.4 is 11.5 Å². The summed E-state index contributed by atoms with van der Waals surface area (Å²) < 4.78 is 0. The molecule has 0 rings (SSSR count). The Balaban J connectivity index is 3.37. The summed E-state index contributed by atoms with van der Waals surface area (Å²) in [6, 6.07) is 0. The standard InChI is InChI=1S/C17H38N2/c1-5-6-7-8-9-10-11-12-13-14-15-16(2,3)17(4,18)19/h5-15,18-19H2,1-4H3. The molecule has 0 aliphatic rings. The van der Waals surface area contributed by atoms with E-state index in [1.54, 1.807) is 0 Å². The third kappa shape index (κ3) is 9.45. The molecule has 2 nitrogen and oxygen atoms in total. The van der Waals surface area contributed by atoms with Gasteiger partial charge in [-0.25, -0.2) is 0 Å². The van der Waals surface area contributed by atoms with Gasteiger partial charge in [0.25, 0.3) is 0 Å². The molecule has 0 aromatic rings. The lowest BCUT2D eigenvalue weighted by Crippen LogP contribution is -2.57. The van der Waals surface area contributed by atoms with Crippen molar-refractivity contribution in [3.8, 4) is 0 Å². The summed E-state index contributed by atoms with van der Waals surface area (Å²) in [5.74, 6) is 0. The number of unbranched alkanes of at least 4 members (excludes halogenated alkanes) is 9. The minimum absolute atomic E-state index is 0.0349. The van der Waals surface area contributed by atoms with Crippen LogP contribution in [0.25, 0.3) is 0 Å². The van der Waals surface area contributed by atoms with Gasteiger partial charge in [-0.1, -0.05) is 85.0 Å². The zero-order valence-electron chi connectivity index (χ0n) is 13.9. The van der Waals surface area contributed by atoms with Crippen LogP contribution in [-0.4, -0.2) is 5.66 Å². The zero-order chi connectivity index (χ0) is 14.8. The van der Waals surface area contributed by atoms with Gasteiger partial charge in [-0.3, -0.25) is 0 Å². The minimum atomic E-state index is -0.563. The third-order valence-corrected chi connectivity index (χ3v) is 4.61. The van der Waals surface area contributed by atoms with E-state index in [4.69, 9.17) is 11.5 Å². The second kappa shape index (κ2) is 9.77. The predicted octanol–water partition coefficient (Wildman–Crippen LogP) is 4.96. The van der Waals surface area contributed by atoms with Crippen molar-refractivity contribution in [1.82, 2.24) is 0 Å². The van der Waals surface area contributed by atoms with Crippen molar-refractivity contribution in [3.05, 3.63) is 0 Å². The first kappa shape index (κ1) is 18.9. The van der Waals surface area contributed by atoms with Crippen LogP contribution in [0.15, 0.2) is 0 Å². The molecule has 0 unspecified atom stereocenters. The van der Waals surface area contributed by atoms with Crippen LogP contribution in [0, 0.1) is 5.41 Å². The molecule has 0 saturated carbocycles. The Hall–Kier alpha value is -0.0800. The van der Waals surface area contributed by atoms with Gasteiger partial charge in [0.1, 0.15) is 0 Å². The molecule has 19 heavy (non-hydrogen) atoms. The summed E-state index contributed by atoms with van der Waals surface area (Å²) in [5.41, 5.74) is 11.5. The number of nitrogens with two attached hydrogens (primary N) is 2. The van der Waals surface area contributed by atoms with Crippen LogP contribution in [0.4, 0.5) is 0 Å². The first-order chi connectivity index (χ1) is 8.81. The van der Waals surface area contributed by atoms with Crippen LogP contribution in [0.2, 0.25) is 0 Å². The minimum Gasteiger partial charge on any atom is -0.313 e. The van der Waals surface area contributed by atoms with Gasteiger partial charge in [0, 0.05) is 0 Å². The molecule has 116 valence electrons. The van der Waals surface area contributed by atoms with E-state index in [9.17, 15) is 0 Å². The Kier molecular flexibility index (Phi) is 9.72.